The van der Waals surface area contributed by atoms with Gasteiger partial charge in [0.15, 0.2) is 0 Å². The number of amides is 3. The number of nitrogens with zero attached hydrogens (tertiary/aromatic N) is 4. The molecule has 0 saturated carbocycles. The molecule has 0 unspecified atom stereocenters. The van der Waals surface area contributed by atoms with E-state index < -0.39 is 0 Å². The number of carbonyl (C=O) groups is 3. The molecule has 8 nitrogen and oxygen atoms in total. The van der Waals surface area contributed by atoms with Gasteiger partial charge in [0.1, 0.15) is 0 Å². The van der Waals surface area contributed by atoms with Gasteiger partial charge in [0.2, 0.25) is 17.7 Å². The molecule has 1 aromatic carbocycles. The highest BCUT2D eigenvalue weighted by molar-refractivity contribution is 5.89. The van der Waals surface area contributed by atoms with Crippen molar-refractivity contribution in [3.8, 4) is 0 Å². The zero-order valence-corrected chi connectivity index (χ0v) is 17.3. The summed E-state index contributed by atoms with van der Waals surface area (Å²) in [6, 6.07) is 11.0. The SMILES string of the molecule is CCN(C)C(=O)[C@H]1C[C@H]2CN(C(=O)Cc3ccn[nH]3)CC(=O)N2[C@H]1c1ccccc1. The van der Waals surface area contributed by atoms with Gasteiger partial charge in [-0.1, -0.05) is 30.3 Å². The number of benzene rings is 1. The molecule has 0 bridgehead atoms. The Balaban J connectivity index is 1.59. The number of hydrogen-bond acceptors (Lipinski definition) is 4. The molecular formula is C22H27N5O3. The van der Waals surface area contributed by atoms with E-state index in [1.165, 1.54) is 0 Å². The first-order chi connectivity index (χ1) is 14.5. The smallest absolute Gasteiger partial charge is 0.243 e. The Bertz CT molecular complexity index is 914. The summed E-state index contributed by atoms with van der Waals surface area (Å²) < 4.78 is 0. The molecule has 1 N–H and O–H groups in total. The van der Waals surface area contributed by atoms with Gasteiger partial charge in [0.05, 0.1) is 31.0 Å². The third kappa shape index (κ3) is 3.69. The molecule has 0 spiro atoms. The highest BCUT2D eigenvalue weighted by Gasteiger charge is 2.51. The molecule has 2 aliphatic rings. The summed E-state index contributed by atoms with van der Waals surface area (Å²) in [6.07, 6.45) is 2.35. The maximum Gasteiger partial charge on any atom is 0.243 e. The van der Waals surface area contributed by atoms with Gasteiger partial charge < -0.3 is 14.7 Å². The third-order valence-electron chi connectivity index (χ3n) is 6.21. The Morgan fingerprint density at radius 2 is 2.00 bits per heavy atom. The van der Waals surface area contributed by atoms with E-state index in [-0.39, 0.29) is 48.7 Å². The fourth-order valence-corrected chi connectivity index (χ4v) is 4.61. The number of aromatic amines is 1. The number of hydrogen-bond donors (Lipinski definition) is 1. The van der Waals surface area contributed by atoms with Crippen molar-refractivity contribution in [3.63, 3.8) is 0 Å². The van der Waals surface area contributed by atoms with Crippen LogP contribution in [0.15, 0.2) is 42.6 Å². The average molecular weight is 409 g/mol. The second-order valence-electron chi connectivity index (χ2n) is 8.04. The lowest BCUT2D eigenvalue weighted by Gasteiger charge is -2.40. The van der Waals surface area contributed by atoms with E-state index in [1.54, 1.807) is 29.1 Å². The van der Waals surface area contributed by atoms with Crippen LogP contribution in [0.2, 0.25) is 0 Å². The quantitative estimate of drug-likeness (QED) is 0.804. The van der Waals surface area contributed by atoms with Gasteiger partial charge in [-0.15, -0.1) is 0 Å². The van der Waals surface area contributed by atoms with Crippen molar-refractivity contribution >= 4 is 17.7 Å². The van der Waals surface area contributed by atoms with Crippen LogP contribution < -0.4 is 0 Å². The summed E-state index contributed by atoms with van der Waals surface area (Å²) in [7, 11) is 1.80. The van der Waals surface area contributed by atoms with Gasteiger partial charge in [0, 0.05) is 32.0 Å². The minimum atomic E-state index is -0.311. The summed E-state index contributed by atoms with van der Waals surface area (Å²) in [5, 5.41) is 6.66. The lowest BCUT2D eigenvalue weighted by molar-refractivity contribution is -0.149. The number of H-pyrrole nitrogens is 1. The van der Waals surface area contributed by atoms with E-state index in [1.807, 2.05) is 42.2 Å². The predicted octanol–water partition coefficient (Wildman–Crippen LogP) is 1.23. The Labute approximate surface area is 175 Å². The molecule has 2 saturated heterocycles. The molecular weight excluding hydrogens is 382 g/mol. The summed E-state index contributed by atoms with van der Waals surface area (Å²) in [5.41, 5.74) is 1.69. The summed E-state index contributed by atoms with van der Waals surface area (Å²) in [6.45, 7) is 3.04. The molecule has 2 aromatic rings. The molecule has 4 rings (SSSR count). The first-order valence-corrected chi connectivity index (χ1v) is 10.4. The maximum atomic E-state index is 13.2. The monoisotopic (exact) mass is 409 g/mol. The highest BCUT2D eigenvalue weighted by atomic mass is 16.2. The summed E-state index contributed by atoms with van der Waals surface area (Å²) in [4.78, 5) is 44.2. The maximum absolute atomic E-state index is 13.2. The average Bonchev–Trinajstić information content (AvgIpc) is 3.41. The second kappa shape index (κ2) is 8.30. The minimum absolute atomic E-state index is 0.0390. The molecule has 158 valence electrons. The Morgan fingerprint density at radius 1 is 1.23 bits per heavy atom. The number of carbonyl (C=O) groups excluding carboxylic acids is 3. The molecule has 3 heterocycles. The Morgan fingerprint density at radius 3 is 2.67 bits per heavy atom. The molecule has 30 heavy (non-hydrogen) atoms. The van der Waals surface area contributed by atoms with Crippen molar-refractivity contribution in [2.45, 2.75) is 31.8 Å². The number of piperazine rings is 1. The van der Waals surface area contributed by atoms with Crippen molar-refractivity contribution in [3.05, 3.63) is 53.9 Å². The zero-order valence-electron chi connectivity index (χ0n) is 17.3. The van der Waals surface area contributed by atoms with E-state index in [4.69, 9.17) is 0 Å². The van der Waals surface area contributed by atoms with Gasteiger partial charge in [-0.05, 0) is 25.0 Å². The van der Waals surface area contributed by atoms with Crippen LogP contribution in [-0.2, 0) is 20.8 Å². The van der Waals surface area contributed by atoms with Gasteiger partial charge >= 0.3 is 0 Å². The predicted molar refractivity (Wildman–Crippen MR) is 110 cm³/mol. The van der Waals surface area contributed by atoms with E-state index >= 15 is 0 Å². The Kier molecular flexibility index (Phi) is 5.57. The van der Waals surface area contributed by atoms with Gasteiger partial charge in [-0.3, -0.25) is 19.5 Å². The van der Waals surface area contributed by atoms with Crippen molar-refractivity contribution < 1.29 is 14.4 Å². The Hall–Kier alpha value is -3.16. The first kappa shape index (κ1) is 20.1. The molecule has 8 heteroatoms. The van der Waals surface area contributed by atoms with Crippen molar-refractivity contribution in [1.29, 1.82) is 0 Å². The molecule has 3 atom stereocenters. The lowest BCUT2D eigenvalue weighted by atomic mass is 9.92. The van der Waals surface area contributed by atoms with Crippen LogP contribution in [-0.4, -0.2) is 75.3 Å². The van der Waals surface area contributed by atoms with Crippen molar-refractivity contribution in [2.75, 3.05) is 26.7 Å². The molecule has 0 aliphatic carbocycles. The minimum Gasteiger partial charge on any atom is -0.346 e. The van der Waals surface area contributed by atoms with E-state index in [0.717, 1.165) is 11.3 Å². The number of aromatic nitrogens is 2. The van der Waals surface area contributed by atoms with Crippen LogP contribution in [0.1, 0.15) is 30.6 Å². The first-order valence-electron chi connectivity index (χ1n) is 10.4. The summed E-state index contributed by atoms with van der Waals surface area (Å²) >= 11 is 0. The van der Waals surface area contributed by atoms with Crippen molar-refractivity contribution in [2.24, 2.45) is 5.92 Å². The molecule has 2 aliphatic heterocycles. The molecule has 0 radical (unpaired) electrons. The lowest BCUT2D eigenvalue weighted by Crippen LogP contribution is -2.56. The van der Waals surface area contributed by atoms with E-state index in [0.29, 0.717) is 19.5 Å². The van der Waals surface area contributed by atoms with Crippen LogP contribution in [0, 0.1) is 5.92 Å². The summed E-state index contributed by atoms with van der Waals surface area (Å²) in [5.74, 6) is -0.477. The van der Waals surface area contributed by atoms with E-state index in [2.05, 4.69) is 10.2 Å². The normalized spacial score (nSPS) is 23.4. The van der Waals surface area contributed by atoms with E-state index in [9.17, 15) is 14.4 Å². The van der Waals surface area contributed by atoms with Crippen LogP contribution in [0.5, 0.6) is 0 Å². The largest absolute Gasteiger partial charge is 0.346 e. The fourth-order valence-electron chi connectivity index (χ4n) is 4.61. The van der Waals surface area contributed by atoms with Gasteiger partial charge in [-0.2, -0.15) is 5.10 Å². The molecule has 3 amide bonds. The van der Waals surface area contributed by atoms with Crippen LogP contribution in [0.3, 0.4) is 0 Å². The molecule has 1 aromatic heterocycles. The molecule has 2 fully saturated rings. The topological polar surface area (TPSA) is 89.6 Å². The van der Waals surface area contributed by atoms with Crippen molar-refractivity contribution in [1.82, 2.24) is 24.9 Å². The third-order valence-corrected chi connectivity index (χ3v) is 6.21. The van der Waals surface area contributed by atoms with Gasteiger partial charge in [0.25, 0.3) is 0 Å². The van der Waals surface area contributed by atoms with Crippen LogP contribution >= 0.6 is 0 Å². The van der Waals surface area contributed by atoms with Crippen LogP contribution in [0.25, 0.3) is 0 Å². The van der Waals surface area contributed by atoms with Gasteiger partial charge in [-0.25, -0.2) is 0 Å². The van der Waals surface area contributed by atoms with Crippen LogP contribution in [0.4, 0.5) is 0 Å². The number of rotatable bonds is 5. The second-order valence-corrected chi connectivity index (χ2v) is 8.04. The zero-order chi connectivity index (χ0) is 21.3. The number of fused-ring (bicyclic) bond motifs is 1. The fraction of sp³-hybridized carbons (Fsp3) is 0.455. The standard InChI is InChI=1S/C22H27N5O3/c1-3-25(2)22(30)18-12-17-13-26(19(28)11-16-9-10-23-24-16)14-20(29)27(17)21(18)15-7-5-4-6-8-15/h4-10,17-18,21H,3,11-14H2,1-2H3,(H,23,24)/t17-,18-,21-/m0/s1. The number of nitrogens with one attached hydrogen (secondary N) is 1. The highest BCUT2D eigenvalue weighted by Crippen LogP contribution is 2.43.